The summed E-state index contributed by atoms with van der Waals surface area (Å²) in [6.45, 7) is 2.28. The van der Waals surface area contributed by atoms with Crippen molar-refractivity contribution < 1.29 is 19.1 Å². The first-order valence-electron chi connectivity index (χ1n) is 5.74. The van der Waals surface area contributed by atoms with Gasteiger partial charge in [0, 0.05) is 6.42 Å². The minimum Gasteiger partial charge on any atom is -0.492 e. The van der Waals surface area contributed by atoms with Gasteiger partial charge in [0.1, 0.15) is 5.75 Å². The number of carbonyl (C=O) groups excluding carboxylic acids is 2. The molecular weight excluding hydrogens is 234 g/mol. The highest BCUT2D eigenvalue weighted by atomic mass is 16.5. The van der Waals surface area contributed by atoms with E-state index in [4.69, 9.17) is 4.74 Å². The van der Waals surface area contributed by atoms with E-state index in [0.717, 1.165) is 5.56 Å². The van der Waals surface area contributed by atoms with E-state index in [1.807, 2.05) is 13.0 Å². The molecule has 1 amide bonds. The number of ketones is 1. The summed E-state index contributed by atoms with van der Waals surface area (Å²) in [5.41, 5.74) is 1.42. The van der Waals surface area contributed by atoms with Gasteiger partial charge in [-0.1, -0.05) is 12.1 Å². The lowest BCUT2D eigenvalue weighted by atomic mass is 10.0. The molecule has 1 aliphatic heterocycles. The number of methoxy groups -OCH3 is 1. The summed E-state index contributed by atoms with van der Waals surface area (Å²) >= 11 is 0. The maximum absolute atomic E-state index is 12.3. The Balaban J connectivity index is 2.29. The summed E-state index contributed by atoms with van der Waals surface area (Å²) in [6, 6.07) is 4.80. The number of aryl methyl sites for hydroxylation is 1. The zero-order valence-corrected chi connectivity index (χ0v) is 10.4. The van der Waals surface area contributed by atoms with E-state index < -0.39 is 12.1 Å². The summed E-state index contributed by atoms with van der Waals surface area (Å²) < 4.78 is 10.1. The Morgan fingerprint density at radius 1 is 1.50 bits per heavy atom. The van der Waals surface area contributed by atoms with Crippen LogP contribution in [0.4, 0.5) is 4.79 Å². The standard InChI is InChI=1S/C13H15NO4/c1-8-4-3-5-9-11(15)10(14-13(16)17-2)6-7-18-12(8)9/h3-5,10H,6-7H2,1-2H3,(H,14,16). The molecule has 0 spiro atoms. The van der Waals surface area contributed by atoms with Crippen LogP contribution in [0.5, 0.6) is 5.75 Å². The number of hydrogen-bond donors (Lipinski definition) is 1. The first-order chi connectivity index (χ1) is 8.63. The fraction of sp³-hybridized carbons (Fsp3) is 0.385. The van der Waals surface area contributed by atoms with E-state index in [0.29, 0.717) is 24.3 Å². The third kappa shape index (κ3) is 2.30. The number of rotatable bonds is 1. The second-order valence-corrected chi connectivity index (χ2v) is 4.14. The number of hydrogen-bond acceptors (Lipinski definition) is 4. The predicted octanol–water partition coefficient (Wildman–Crippen LogP) is 1.68. The lowest BCUT2D eigenvalue weighted by Crippen LogP contribution is -2.40. The molecule has 1 aliphatic rings. The van der Waals surface area contributed by atoms with Crippen molar-refractivity contribution in [3.63, 3.8) is 0 Å². The van der Waals surface area contributed by atoms with Crippen molar-refractivity contribution >= 4 is 11.9 Å². The second-order valence-electron chi connectivity index (χ2n) is 4.14. The Morgan fingerprint density at radius 3 is 3.00 bits per heavy atom. The molecule has 1 atom stereocenters. The van der Waals surface area contributed by atoms with Gasteiger partial charge in [0.05, 0.1) is 25.3 Å². The zero-order valence-electron chi connectivity index (χ0n) is 10.4. The maximum atomic E-state index is 12.3. The predicted molar refractivity (Wildman–Crippen MR) is 65.0 cm³/mol. The average molecular weight is 249 g/mol. The van der Waals surface area contributed by atoms with Crippen LogP contribution in [0.2, 0.25) is 0 Å². The molecule has 1 aromatic carbocycles. The first-order valence-corrected chi connectivity index (χ1v) is 5.74. The summed E-state index contributed by atoms with van der Waals surface area (Å²) in [4.78, 5) is 23.5. The van der Waals surface area contributed by atoms with E-state index in [2.05, 4.69) is 10.1 Å². The van der Waals surface area contributed by atoms with Gasteiger partial charge in [-0.15, -0.1) is 0 Å². The smallest absolute Gasteiger partial charge is 0.407 e. The van der Waals surface area contributed by atoms with Gasteiger partial charge in [-0.05, 0) is 18.6 Å². The van der Waals surface area contributed by atoms with Crippen LogP contribution in [0.3, 0.4) is 0 Å². The van der Waals surface area contributed by atoms with Crippen LogP contribution in [-0.2, 0) is 4.74 Å². The third-order valence-corrected chi connectivity index (χ3v) is 2.92. The fourth-order valence-corrected chi connectivity index (χ4v) is 1.97. The number of fused-ring (bicyclic) bond motifs is 1. The minimum atomic E-state index is -0.607. The van der Waals surface area contributed by atoms with E-state index >= 15 is 0 Å². The van der Waals surface area contributed by atoms with Crippen molar-refractivity contribution in [2.24, 2.45) is 0 Å². The van der Waals surface area contributed by atoms with E-state index in [9.17, 15) is 9.59 Å². The van der Waals surface area contributed by atoms with Crippen molar-refractivity contribution in [2.75, 3.05) is 13.7 Å². The maximum Gasteiger partial charge on any atom is 0.407 e. The number of nitrogens with one attached hydrogen (secondary N) is 1. The number of para-hydroxylation sites is 1. The van der Waals surface area contributed by atoms with Gasteiger partial charge in [0.25, 0.3) is 0 Å². The topological polar surface area (TPSA) is 64.6 Å². The lowest BCUT2D eigenvalue weighted by molar-refractivity contribution is 0.0928. The van der Waals surface area contributed by atoms with Crippen LogP contribution in [0.25, 0.3) is 0 Å². The quantitative estimate of drug-likeness (QED) is 0.822. The van der Waals surface area contributed by atoms with Crippen molar-refractivity contribution in [2.45, 2.75) is 19.4 Å². The molecule has 1 unspecified atom stereocenters. The summed E-state index contributed by atoms with van der Waals surface area (Å²) in [6.07, 6.45) is -0.174. The van der Waals surface area contributed by atoms with Gasteiger partial charge in [0.15, 0.2) is 5.78 Å². The van der Waals surface area contributed by atoms with Crippen LogP contribution in [-0.4, -0.2) is 31.6 Å². The normalized spacial score (nSPS) is 18.3. The molecule has 96 valence electrons. The molecule has 0 bridgehead atoms. The number of benzene rings is 1. The molecule has 1 heterocycles. The molecule has 5 heteroatoms. The van der Waals surface area contributed by atoms with Gasteiger partial charge in [-0.3, -0.25) is 4.79 Å². The highest BCUT2D eigenvalue weighted by Crippen LogP contribution is 2.27. The summed E-state index contributed by atoms with van der Waals surface area (Å²) in [7, 11) is 1.27. The zero-order chi connectivity index (χ0) is 13.1. The number of Topliss-reactive ketones (excluding diaryl/α,β-unsaturated/α-hetero) is 1. The summed E-state index contributed by atoms with van der Waals surface area (Å²) in [5.74, 6) is 0.466. The molecule has 18 heavy (non-hydrogen) atoms. The highest BCUT2D eigenvalue weighted by Gasteiger charge is 2.28. The second kappa shape index (κ2) is 5.08. The highest BCUT2D eigenvalue weighted by molar-refractivity contribution is 6.04. The molecule has 2 rings (SSSR count). The molecule has 0 aliphatic carbocycles. The Labute approximate surface area is 105 Å². The lowest BCUT2D eigenvalue weighted by Gasteiger charge is -2.13. The van der Waals surface area contributed by atoms with Crippen molar-refractivity contribution in [1.29, 1.82) is 0 Å². The van der Waals surface area contributed by atoms with Gasteiger partial charge in [-0.25, -0.2) is 4.79 Å². The summed E-state index contributed by atoms with van der Waals surface area (Å²) in [5, 5.41) is 2.53. The number of amides is 1. The Bertz CT molecular complexity index is 484. The van der Waals surface area contributed by atoms with Crippen LogP contribution in [0, 0.1) is 6.92 Å². The van der Waals surface area contributed by atoms with E-state index in [1.165, 1.54) is 7.11 Å². The molecular formula is C13H15NO4. The van der Waals surface area contributed by atoms with Gasteiger partial charge in [0.2, 0.25) is 0 Å². The van der Waals surface area contributed by atoms with Gasteiger partial charge >= 0.3 is 6.09 Å². The Hall–Kier alpha value is -2.04. The molecule has 0 fully saturated rings. The van der Waals surface area contributed by atoms with Crippen LogP contribution in [0.15, 0.2) is 18.2 Å². The van der Waals surface area contributed by atoms with Crippen LogP contribution < -0.4 is 10.1 Å². The van der Waals surface area contributed by atoms with Gasteiger partial charge < -0.3 is 14.8 Å². The van der Waals surface area contributed by atoms with E-state index in [-0.39, 0.29) is 5.78 Å². The van der Waals surface area contributed by atoms with E-state index in [1.54, 1.807) is 12.1 Å². The first kappa shape index (κ1) is 12.4. The van der Waals surface area contributed by atoms with Crippen molar-refractivity contribution in [1.82, 2.24) is 5.32 Å². The fourth-order valence-electron chi connectivity index (χ4n) is 1.97. The van der Waals surface area contributed by atoms with Crippen LogP contribution >= 0.6 is 0 Å². The van der Waals surface area contributed by atoms with Gasteiger partial charge in [-0.2, -0.15) is 0 Å². The van der Waals surface area contributed by atoms with Crippen LogP contribution in [0.1, 0.15) is 22.3 Å². The van der Waals surface area contributed by atoms with Crippen molar-refractivity contribution in [3.05, 3.63) is 29.3 Å². The Kier molecular flexibility index (Phi) is 3.50. The largest absolute Gasteiger partial charge is 0.492 e. The molecule has 0 aromatic heterocycles. The molecule has 0 saturated carbocycles. The molecule has 1 N–H and O–H groups in total. The number of alkyl carbamates (subject to hydrolysis) is 1. The Morgan fingerprint density at radius 2 is 2.28 bits per heavy atom. The molecule has 1 aromatic rings. The van der Waals surface area contributed by atoms with Crippen molar-refractivity contribution in [3.8, 4) is 5.75 Å². The third-order valence-electron chi connectivity index (χ3n) is 2.92. The molecule has 0 radical (unpaired) electrons. The average Bonchev–Trinajstić information content (AvgIpc) is 2.52. The molecule has 5 nitrogen and oxygen atoms in total. The minimum absolute atomic E-state index is 0.142. The number of carbonyl (C=O) groups is 2. The molecule has 0 saturated heterocycles. The SMILES string of the molecule is COC(=O)NC1CCOc2c(C)cccc2C1=O. The monoisotopic (exact) mass is 249 g/mol. The number of ether oxygens (including phenoxy) is 2.